The Labute approximate surface area is 97.7 Å². The van der Waals surface area contributed by atoms with Crippen LogP contribution >= 0.6 is 12.4 Å². The van der Waals surface area contributed by atoms with Crippen molar-refractivity contribution in [2.24, 2.45) is 0 Å². The van der Waals surface area contributed by atoms with E-state index in [1.54, 1.807) is 16.7 Å². The molecule has 15 heavy (non-hydrogen) atoms. The predicted octanol–water partition coefficient (Wildman–Crippen LogP) is 3.19. The number of hydrogen-bond acceptors (Lipinski definition) is 1. The second-order valence-corrected chi connectivity index (χ2v) is 4.64. The van der Waals surface area contributed by atoms with E-state index in [0.717, 1.165) is 5.92 Å². The van der Waals surface area contributed by atoms with Crippen LogP contribution in [-0.2, 0) is 6.42 Å². The van der Waals surface area contributed by atoms with E-state index in [-0.39, 0.29) is 12.4 Å². The lowest BCUT2D eigenvalue weighted by Crippen LogP contribution is -2.33. The van der Waals surface area contributed by atoms with E-state index < -0.39 is 0 Å². The van der Waals surface area contributed by atoms with Crippen molar-refractivity contribution in [3.63, 3.8) is 0 Å². The Kier molecular flexibility index (Phi) is 3.03. The maximum absolute atomic E-state index is 3.60. The third-order valence-electron chi connectivity index (χ3n) is 3.77. The molecule has 1 N–H and O–H groups in total. The Morgan fingerprint density at radius 3 is 3.07 bits per heavy atom. The van der Waals surface area contributed by atoms with Crippen LogP contribution in [0.25, 0.3) is 0 Å². The highest BCUT2D eigenvalue weighted by molar-refractivity contribution is 5.85. The van der Waals surface area contributed by atoms with Gasteiger partial charge in [-0.05, 0) is 48.8 Å². The van der Waals surface area contributed by atoms with Crippen molar-refractivity contribution in [1.29, 1.82) is 0 Å². The summed E-state index contributed by atoms with van der Waals surface area (Å²) in [6.45, 7) is 3.46. The van der Waals surface area contributed by atoms with Crippen LogP contribution in [0.3, 0.4) is 0 Å². The van der Waals surface area contributed by atoms with Crippen LogP contribution < -0.4 is 5.32 Å². The first kappa shape index (κ1) is 11.0. The average molecular weight is 224 g/mol. The highest BCUT2D eigenvalue weighted by Gasteiger charge is 2.28. The van der Waals surface area contributed by atoms with Gasteiger partial charge in [-0.15, -0.1) is 12.4 Å². The number of halogens is 1. The lowest BCUT2D eigenvalue weighted by molar-refractivity contribution is 0.433. The van der Waals surface area contributed by atoms with Crippen LogP contribution in [0, 0.1) is 0 Å². The quantitative estimate of drug-likeness (QED) is 0.713. The van der Waals surface area contributed by atoms with Gasteiger partial charge in [0.1, 0.15) is 0 Å². The van der Waals surface area contributed by atoms with E-state index in [0.29, 0.717) is 6.04 Å². The molecule has 0 spiro atoms. The van der Waals surface area contributed by atoms with Crippen LogP contribution in [0.2, 0.25) is 0 Å². The first-order chi connectivity index (χ1) is 6.86. The molecule has 0 aromatic heterocycles. The molecular formula is C13H18ClN. The van der Waals surface area contributed by atoms with Gasteiger partial charge >= 0.3 is 0 Å². The Hall–Kier alpha value is -0.530. The Morgan fingerprint density at radius 2 is 2.20 bits per heavy atom. The van der Waals surface area contributed by atoms with E-state index in [1.807, 2.05) is 0 Å². The highest BCUT2D eigenvalue weighted by Crippen LogP contribution is 2.38. The first-order valence-corrected chi connectivity index (χ1v) is 5.71. The summed E-state index contributed by atoms with van der Waals surface area (Å²) in [5.74, 6) is 0.797. The molecule has 0 fully saturated rings. The maximum atomic E-state index is 3.60. The molecule has 1 aromatic carbocycles. The van der Waals surface area contributed by atoms with Crippen molar-refractivity contribution in [2.75, 3.05) is 6.54 Å². The summed E-state index contributed by atoms with van der Waals surface area (Å²) in [5.41, 5.74) is 4.86. The molecule has 1 nitrogen and oxygen atoms in total. The largest absolute Gasteiger partial charge is 0.310 e. The van der Waals surface area contributed by atoms with Crippen molar-refractivity contribution in [3.8, 4) is 0 Å². The van der Waals surface area contributed by atoms with Gasteiger partial charge in [0, 0.05) is 12.6 Å². The fourth-order valence-electron chi connectivity index (χ4n) is 3.04. The third-order valence-corrected chi connectivity index (χ3v) is 3.77. The average Bonchev–Trinajstić information content (AvgIpc) is 2.24. The van der Waals surface area contributed by atoms with Gasteiger partial charge in [-0.3, -0.25) is 0 Å². The zero-order valence-corrected chi connectivity index (χ0v) is 9.94. The molecular weight excluding hydrogens is 206 g/mol. The molecule has 0 bridgehead atoms. The van der Waals surface area contributed by atoms with Gasteiger partial charge in [0.15, 0.2) is 0 Å². The van der Waals surface area contributed by atoms with Gasteiger partial charge < -0.3 is 5.32 Å². The van der Waals surface area contributed by atoms with E-state index >= 15 is 0 Å². The number of benzene rings is 1. The first-order valence-electron chi connectivity index (χ1n) is 5.71. The summed E-state index contributed by atoms with van der Waals surface area (Å²) in [5, 5.41) is 3.60. The number of nitrogens with one attached hydrogen (secondary N) is 1. The fourth-order valence-corrected chi connectivity index (χ4v) is 3.04. The fraction of sp³-hybridized carbons (Fsp3) is 0.538. The molecule has 3 rings (SSSR count). The topological polar surface area (TPSA) is 12.0 Å². The number of rotatable bonds is 0. The third kappa shape index (κ3) is 1.68. The normalized spacial score (nSPS) is 27.8. The standard InChI is InChI=1S/C13H17N.ClH/c1-9-12-7-3-5-10-4-2-6-11(8-14-9)13(10)12;/h3,5,7,9,11,14H,2,4,6,8H2,1H3;1H. The summed E-state index contributed by atoms with van der Waals surface area (Å²) >= 11 is 0. The Bertz CT molecular complexity index is 362. The number of aryl methyl sites for hydroxylation is 1. The van der Waals surface area contributed by atoms with Crippen molar-refractivity contribution in [1.82, 2.24) is 5.32 Å². The SMILES string of the molecule is CC1NCC2CCCc3cccc1c32.Cl. The Morgan fingerprint density at radius 1 is 1.33 bits per heavy atom. The van der Waals surface area contributed by atoms with E-state index in [4.69, 9.17) is 0 Å². The monoisotopic (exact) mass is 223 g/mol. The zero-order chi connectivity index (χ0) is 9.54. The molecule has 2 aliphatic rings. The highest BCUT2D eigenvalue weighted by atomic mass is 35.5. The summed E-state index contributed by atoms with van der Waals surface area (Å²) in [6.07, 6.45) is 4.05. The second kappa shape index (κ2) is 4.15. The van der Waals surface area contributed by atoms with Crippen molar-refractivity contribution >= 4 is 12.4 Å². The predicted molar refractivity (Wildman–Crippen MR) is 65.8 cm³/mol. The number of hydrogen-bond donors (Lipinski definition) is 1. The summed E-state index contributed by atoms with van der Waals surface area (Å²) in [6, 6.07) is 7.40. The maximum Gasteiger partial charge on any atom is 0.0294 e. The minimum Gasteiger partial charge on any atom is -0.310 e. The molecule has 82 valence electrons. The molecule has 2 atom stereocenters. The van der Waals surface area contributed by atoms with E-state index in [2.05, 4.69) is 30.4 Å². The van der Waals surface area contributed by atoms with Crippen molar-refractivity contribution < 1.29 is 0 Å². The summed E-state index contributed by atoms with van der Waals surface area (Å²) in [4.78, 5) is 0. The molecule has 1 heterocycles. The smallest absolute Gasteiger partial charge is 0.0294 e. The van der Waals surface area contributed by atoms with Crippen molar-refractivity contribution in [2.45, 2.75) is 38.1 Å². The minimum absolute atomic E-state index is 0. The molecule has 1 aliphatic carbocycles. The van der Waals surface area contributed by atoms with Crippen molar-refractivity contribution in [3.05, 3.63) is 34.9 Å². The van der Waals surface area contributed by atoms with Crippen LogP contribution in [0.5, 0.6) is 0 Å². The van der Waals surface area contributed by atoms with Gasteiger partial charge in [0.2, 0.25) is 0 Å². The van der Waals surface area contributed by atoms with Gasteiger partial charge in [-0.2, -0.15) is 0 Å². The van der Waals surface area contributed by atoms with Gasteiger partial charge in [0.05, 0.1) is 0 Å². The molecule has 1 aromatic rings. The zero-order valence-electron chi connectivity index (χ0n) is 9.12. The molecule has 0 radical (unpaired) electrons. The molecule has 0 saturated carbocycles. The van der Waals surface area contributed by atoms with Gasteiger partial charge in [-0.25, -0.2) is 0 Å². The molecule has 0 amide bonds. The molecule has 1 aliphatic heterocycles. The van der Waals surface area contributed by atoms with Gasteiger partial charge in [0.25, 0.3) is 0 Å². The lowest BCUT2D eigenvalue weighted by atomic mass is 9.76. The molecule has 0 saturated heterocycles. The Balaban J connectivity index is 0.000000853. The van der Waals surface area contributed by atoms with Crippen LogP contribution in [0.1, 0.15) is 48.4 Å². The van der Waals surface area contributed by atoms with Gasteiger partial charge in [-0.1, -0.05) is 18.2 Å². The molecule has 2 heteroatoms. The lowest BCUT2D eigenvalue weighted by Gasteiger charge is -2.35. The van der Waals surface area contributed by atoms with E-state index in [9.17, 15) is 0 Å². The van der Waals surface area contributed by atoms with Crippen LogP contribution in [-0.4, -0.2) is 6.54 Å². The summed E-state index contributed by atoms with van der Waals surface area (Å²) < 4.78 is 0. The minimum atomic E-state index is 0. The van der Waals surface area contributed by atoms with E-state index in [1.165, 1.54) is 25.8 Å². The van der Waals surface area contributed by atoms with Crippen LogP contribution in [0.15, 0.2) is 18.2 Å². The second-order valence-electron chi connectivity index (χ2n) is 4.64. The van der Waals surface area contributed by atoms with Crippen LogP contribution in [0.4, 0.5) is 0 Å². The molecule has 2 unspecified atom stereocenters. The summed E-state index contributed by atoms with van der Waals surface area (Å²) in [7, 11) is 0.